The smallest absolute Gasteiger partial charge is 0.387 e. The molecule has 3 N–H and O–H groups in total. The van der Waals surface area contributed by atoms with Crippen molar-refractivity contribution in [1.82, 2.24) is 5.32 Å². The number of carbonyl (C=O) groups excluding carboxylic acids is 1. The summed E-state index contributed by atoms with van der Waals surface area (Å²) >= 11 is 0. The molecule has 0 aliphatic heterocycles. The van der Waals surface area contributed by atoms with E-state index >= 15 is 0 Å². The van der Waals surface area contributed by atoms with E-state index in [-0.39, 0.29) is 17.7 Å². The Kier molecular flexibility index (Phi) is 5.85. The van der Waals surface area contributed by atoms with Crippen LogP contribution in [0.3, 0.4) is 0 Å². The van der Waals surface area contributed by atoms with E-state index in [1.807, 2.05) is 0 Å². The Hall–Kier alpha value is -2.22. The van der Waals surface area contributed by atoms with Gasteiger partial charge < -0.3 is 20.3 Å². The van der Waals surface area contributed by atoms with E-state index < -0.39 is 31.1 Å². The van der Waals surface area contributed by atoms with E-state index in [0.717, 1.165) is 0 Å². The first kappa shape index (κ1) is 15.8. The number of alkyl halides is 2. The van der Waals surface area contributed by atoms with Crippen molar-refractivity contribution in [3.05, 3.63) is 29.8 Å². The van der Waals surface area contributed by atoms with Crippen molar-refractivity contribution in [2.24, 2.45) is 0 Å². The van der Waals surface area contributed by atoms with Gasteiger partial charge in [0.1, 0.15) is 11.8 Å². The highest BCUT2D eigenvalue weighted by molar-refractivity contribution is 5.98. The summed E-state index contributed by atoms with van der Waals surface area (Å²) in [7, 11) is 0. The van der Waals surface area contributed by atoms with Crippen LogP contribution in [0, 0.1) is 0 Å². The van der Waals surface area contributed by atoms with Crippen molar-refractivity contribution >= 4 is 11.9 Å². The Morgan fingerprint density at radius 1 is 1.30 bits per heavy atom. The highest BCUT2D eigenvalue weighted by Crippen LogP contribution is 2.20. The quantitative estimate of drug-likeness (QED) is 0.691. The molecule has 0 aliphatic carbocycles. The summed E-state index contributed by atoms with van der Waals surface area (Å²) in [4.78, 5) is 22.7. The van der Waals surface area contributed by atoms with Crippen molar-refractivity contribution in [2.75, 3.05) is 6.61 Å². The van der Waals surface area contributed by atoms with Gasteiger partial charge >= 0.3 is 12.6 Å². The largest absolute Gasteiger partial charge is 0.480 e. The molecule has 1 rings (SSSR count). The van der Waals surface area contributed by atoms with Crippen molar-refractivity contribution in [3.8, 4) is 5.75 Å². The molecule has 0 fully saturated rings. The maximum absolute atomic E-state index is 12.2. The lowest BCUT2D eigenvalue weighted by atomic mass is 10.1. The van der Waals surface area contributed by atoms with Gasteiger partial charge in [-0.15, -0.1) is 0 Å². The Morgan fingerprint density at radius 2 is 1.95 bits per heavy atom. The minimum absolute atomic E-state index is 0.195. The maximum atomic E-state index is 12.2. The lowest BCUT2D eigenvalue weighted by molar-refractivity contribution is -0.139. The van der Waals surface area contributed by atoms with Crippen molar-refractivity contribution in [2.45, 2.75) is 19.1 Å². The number of ether oxygens (including phenoxy) is 1. The molecule has 0 aromatic heterocycles. The first-order valence-corrected chi connectivity index (χ1v) is 5.64. The number of hydrogen-bond donors (Lipinski definition) is 3. The predicted molar refractivity (Wildman–Crippen MR) is 63.7 cm³/mol. The molecule has 0 unspecified atom stereocenters. The average molecular weight is 289 g/mol. The summed E-state index contributed by atoms with van der Waals surface area (Å²) in [6.45, 7) is -3.54. The number of halogens is 2. The summed E-state index contributed by atoms with van der Waals surface area (Å²) in [5, 5.41) is 19.7. The number of rotatable bonds is 7. The zero-order chi connectivity index (χ0) is 15.1. The lowest BCUT2D eigenvalue weighted by Crippen LogP contribution is -2.41. The third-order valence-corrected chi connectivity index (χ3v) is 2.37. The first-order valence-electron chi connectivity index (χ1n) is 5.64. The summed E-state index contributed by atoms with van der Waals surface area (Å²) in [6.07, 6.45) is -0.195. The van der Waals surface area contributed by atoms with Gasteiger partial charge in [0.05, 0.1) is 5.56 Å². The number of amides is 1. The molecule has 0 saturated carbocycles. The second kappa shape index (κ2) is 7.39. The van der Waals surface area contributed by atoms with E-state index in [2.05, 4.69) is 10.1 Å². The Balaban J connectivity index is 2.88. The van der Waals surface area contributed by atoms with Crippen LogP contribution >= 0.6 is 0 Å². The molecule has 0 radical (unpaired) electrons. The third-order valence-electron chi connectivity index (χ3n) is 2.37. The van der Waals surface area contributed by atoms with Crippen LogP contribution in [0.2, 0.25) is 0 Å². The van der Waals surface area contributed by atoms with Crippen LogP contribution in [-0.4, -0.2) is 41.3 Å². The fourth-order valence-corrected chi connectivity index (χ4v) is 1.48. The van der Waals surface area contributed by atoms with Gasteiger partial charge in [-0.1, -0.05) is 12.1 Å². The highest BCUT2D eigenvalue weighted by atomic mass is 19.3. The minimum Gasteiger partial charge on any atom is -0.480 e. The SMILES string of the molecule is O=C(N[C@H](CCO)C(=O)O)c1ccccc1OC(F)F. The van der Waals surface area contributed by atoms with E-state index in [9.17, 15) is 18.4 Å². The summed E-state index contributed by atoms with van der Waals surface area (Å²) in [6, 6.07) is 3.91. The number of benzene rings is 1. The van der Waals surface area contributed by atoms with Gasteiger partial charge in [0, 0.05) is 13.0 Å². The van der Waals surface area contributed by atoms with Crippen molar-refractivity contribution in [1.29, 1.82) is 0 Å². The molecule has 0 spiro atoms. The fourth-order valence-electron chi connectivity index (χ4n) is 1.48. The zero-order valence-electron chi connectivity index (χ0n) is 10.3. The molecule has 1 aromatic carbocycles. The van der Waals surface area contributed by atoms with E-state index in [1.54, 1.807) is 0 Å². The highest BCUT2D eigenvalue weighted by Gasteiger charge is 2.22. The zero-order valence-corrected chi connectivity index (χ0v) is 10.3. The van der Waals surface area contributed by atoms with Crippen molar-refractivity contribution < 1.29 is 33.3 Å². The topological polar surface area (TPSA) is 95.9 Å². The monoisotopic (exact) mass is 289 g/mol. The number of carbonyl (C=O) groups is 2. The molecule has 1 amide bonds. The maximum Gasteiger partial charge on any atom is 0.387 e. The Morgan fingerprint density at radius 3 is 2.50 bits per heavy atom. The minimum atomic E-state index is -3.10. The molecule has 0 aliphatic rings. The predicted octanol–water partition coefficient (Wildman–Crippen LogP) is 0.853. The molecule has 8 heteroatoms. The second-order valence-corrected chi connectivity index (χ2v) is 3.75. The van der Waals surface area contributed by atoms with E-state index in [0.29, 0.717) is 0 Å². The molecular weight excluding hydrogens is 276 g/mol. The van der Waals surface area contributed by atoms with Gasteiger partial charge in [-0.05, 0) is 12.1 Å². The molecule has 6 nitrogen and oxygen atoms in total. The molecule has 20 heavy (non-hydrogen) atoms. The van der Waals surface area contributed by atoms with Crippen LogP contribution in [0.25, 0.3) is 0 Å². The molecule has 110 valence electrons. The Bertz CT molecular complexity index is 481. The van der Waals surface area contributed by atoms with Crippen LogP contribution in [0.5, 0.6) is 5.75 Å². The fraction of sp³-hybridized carbons (Fsp3) is 0.333. The lowest BCUT2D eigenvalue weighted by Gasteiger charge is -2.15. The number of para-hydroxylation sites is 1. The average Bonchev–Trinajstić information content (AvgIpc) is 2.37. The molecule has 1 aromatic rings. The van der Waals surface area contributed by atoms with Crippen LogP contribution in [0.4, 0.5) is 8.78 Å². The molecule has 1 atom stereocenters. The molecule has 0 heterocycles. The molecule has 0 bridgehead atoms. The van der Waals surface area contributed by atoms with Gasteiger partial charge in [0.25, 0.3) is 5.91 Å². The van der Waals surface area contributed by atoms with Gasteiger partial charge in [-0.3, -0.25) is 4.79 Å². The summed E-state index contributed by atoms with van der Waals surface area (Å²) in [5.74, 6) is -2.56. The van der Waals surface area contributed by atoms with Crippen molar-refractivity contribution in [3.63, 3.8) is 0 Å². The normalized spacial score (nSPS) is 12.0. The van der Waals surface area contributed by atoms with Crippen LogP contribution in [0.15, 0.2) is 24.3 Å². The number of carboxylic acid groups (broad SMARTS) is 1. The number of aliphatic carboxylic acids is 1. The van der Waals surface area contributed by atoms with Gasteiger partial charge in [-0.2, -0.15) is 8.78 Å². The standard InChI is InChI=1S/C12H13F2NO5/c13-12(14)20-9-4-2-1-3-7(9)10(17)15-8(5-6-16)11(18)19/h1-4,8,12,16H,5-6H2,(H,15,17)(H,18,19)/t8-/m1/s1. The first-order chi connectivity index (χ1) is 9.45. The second-order valence-electron chi connectivity index (χ2n) is 3.75. The van der Waals surface area contributed by atoms with Crippen LogP contribution in [-0.2, 0) is 4.79 Å². The van der Waals surface area contributed by atoms with Gasteiger partial charge in [-0.25, -0.2) is 4.79 Å². The van der Waals surface area contributed by atoms with E-state index in [1.165, 1.54) is 24.3 Å². The van der Waals surface area contributed by atoms with Crippen LogP contribution in [0.1, 0.15) is 16.8 Å². The summed E-state index contributed by atoms with van der Waals surface area (Å²) in [5.41, 5.74) is -0.211. The number of aliphatic hydroxyl groups excluding tert-OH is 1. The molecular formula is C12H13F2NO5. The van der Waals surface area contributed by atoms with Gasteiger partial charge in [0.2, 0.25) is 0 Å². The molecule has 0 saturated heterocycles. The number of nitrogens with one attached hydrogen (secondary N) is 1. The van der Waals surface area contributed by atoms with Gasteiger partial charge in [0.15, 0.2) is 0 Å². The van der Waals surface area contributed by atoms with Crippen LogP contribution < -0.4 is 10.1 Å². The number of carboxylic acids is 1. The number of aliphatic hydroxyl groups is 1. The van der Waals surface area contributed by atoms with E-state index in [4.69, 9.17) is 10.2 Å². The third kappa shape index (κ3) is 4.47. The number of hydrogen-bond acceptors (Lipinski definition) is 4. The Labute approximate surface area is 113 Å². The summed E-state index contributed by atoms with van der Waals surface area (Å²) < 4.78 is 28.6.